The summed E-state index contributed by atoms with van der Waals surface area (Å²) in [5.41, 5.74) is 0.552. The van der Waals surface area contributed by atoms with E-state index < -0.39 is 11.6 Å². The minimum Gasteiger partial charge on any atom is -0.300 e. The average Bonchev–Trinajstić information content (AvgIpc) is 2.51. The van der Waals surface area contributed by atoms with Crippen LogP contribution in [0.2, 0.25) is 20.1 Å². The fraction of sp³-hybridized carbons (Fsp3) is 0.235. The van der Waals surface area contributed by atoms with E-state index in [1.807, 2.05) is 0 Å². The number of aryl methyl sites for hydroxylation is 2. The van der Waals surface area contributed by atoms with E-state index in [0.717, 1.165) is 0 Å². The molecule has 2 aromatic rings. The van der Waals surface area contributed by atoms with Crippen molar-refractivity contribution in [2.45, 2.75) is 25.7 Å². The third-order valence-electron chi connectivity index (χ3n) is 3.48. The molecule has 0 aliphatic rings. The van der Waals surface area contributed by atoms with Crippen molar-refractivity contribution >= 4 is 52.2 Å². The summed E-state index contributed by atoms with van der Waals surface area (Å²) >= 11 is 23.1. The van der Waals surface area contributed by atoms with Crippen LogP contribution in [0.25, 0.3) is 0 Å². The van der Waals surface area contributed by atoms with E-state index in [0.29, 0.717) is 10.0 Å². The van der Waals surface area contributed by atoms with Crippen molar-refractivity contribution in [1.29, 1.82) is 0 Å². The zero-order valence-electron chi connectivity index (χ0n) is 12.3. The van der Waals surface area contributed by atoms with Crippen molar-refractivity contribution in [3.8, 4) is 0 Å². The zero-order valence-corrected chi connectivity index (χ0v) is 15.3. The minimum atomic E-state index is -0.582. The van der Waals surface area contributed by atoms with E-state index in [2.05, 4.69) is 0 Å². The van der Waals surface area contributed by atoms with E-state index >= 15 is 0 Å². The number of hydrogen-bond donors (Lipinski definition) is 0. The molecular formula is C17H12Cl4F2O. The number of halogens is 6. The van der Waals surface area contributed by atoms with Crippen molar-refractivity contribution in [3.05, 3.63) is 67.1 Å². The molecule has 2 aromatic carbocycles. The molecule has 0 unspecified atom stereocenters. The Morgan fingerprint density at radius 2 is 1.12 bits per heavy atom. The van der Waals surface area contributed by atoms with Gasteiger partial charge in [-0.25, -0.2) is 8.78 Å². The molecule has 0 saturated heterocycles. The highest BCUT2D eigenvalue weighted by Gasteiger charge is 2.13. The molecule has 0 heterocycles. The van der Waals surface area contributed by atoms with E-state index in [-0.39, 0.29) is 52.6 Å². The summed E-state index contributed by atoms with van der Waals surface area (Å²) in [4.78, 5) is 12.0. The highest BCUT2D eigenvalue weighted by molar-refractivity contribution is 6.35. The Balaban J connectivity index is 1.95. The van der Waals surface area contributed by atoms with Crippen LogP contribution in [0.5, 0.6) is 0 Å². The van der Waals surface area contributed by atoms with Crippen molar-refractivity contribution in [3.63, 3.8) is 0 Å². The van der Waals surface area contributed by atoms with Crippen LogP contribution in [-0.4, -0.2) is 5.78 Å². The Hall–Kier alpha value is -0.870. The molecule has 0 spiro atoms. The fourth-order valence-corrected chi connectivity index (χ4v) is 3.33. The molecule has 24 heavy (non-hydrogen) atoms. The van der Waals surface area contributed by atoms with Crippen LogP contribution in [0.15, 0.2) is 24.3 Å². The molecule has 0 atom stereocenters. The second-order valence-corrected chi connectivity index (χ2v) is 6.95. The number of Topliss-reactive ketones (excluding diaryl/α,β-unsaturated/α-hetero) is 1. The molecule has 128 valence electrons. The van der Waals surface area contributed by atoms with Crippen LogP contribution in [0.3, 0.4) is 0 Å². The summed E-state index contributed by atoms with van der Waals surface area (Å²) in [5, 5.41) is 0.445. The average molecular weight is 412 g/mol. The second kappa shape index (κ2) is 8.48. The Kier molecular flexibility index (Phi) is 6.88. The fourth-order valence-electron chi connectivity index (χ4n) is 2.26. The SMILES string of the molecule is O=C(CCc1cc(Cl)cc(Cl)c1F)CCc1cc(Cl)cc(Cl)c1F. The van der Waals surface area contributed by atoms with Gasteiger partial charge in [-0.3, -0.25) is 4.79 Å². The van der Waals surface area contributed by atoms with Gasteiger partial charge in [0.25, 0.3) is 0 Å². The third-order valence-corrected chi connectivity index (χ3v) is 4.47. The summed E-state index contributed by atoms with van der Waals surface area (Å²) in [5.74, 6) is -1.30. The first-order valence-electron chi connectivity index (χ1n) is 7.06. The van der Waals surface area contributed by atoms with Gasteiger partial charge >= 0.3 is 0 Å². The predicted molar refractivity (Wildman–Crippen MR) is 94.5 cm³/mol. The first-order valence-corrected chi connectivity index (χ1v) is 8.57. The lowest BCUT2D eigenvalue weighted by Gasteiger charge is -2.07. The van der Waals surface area contributed by atoms with Gasteiger partial charge in [0.05, 0.1) is 10.0 Å². The highest BCUT2D eigenvalue weighted by atomic mass is 35.5. The number of benzene rings is 2. The summed E-state index contributed by atoms with van der Waals surface area (Å²) < 4.78 is 27.7. The maximum absolute atomic E-state index is 13.8. The van der Waals surface area contributed by atoms with Gasteiger partial charge in [-0.15, -0.1) is 0 Å². The second-order valence-electron chi connectivity index (χ2n) is 5.26. The highest BCUT2D eigenvalue weighted by Crippen LogP contribution is 2.26. The van der Waals surface area contributed by atoms with Crippen LogP contribution in [0.1, 0.15) is 24.0 Å². The Morgan fingerprint density at radius 1 is 0.750 bits per heavy atom. The van der Waals surface area contributed by atoms with Crippen LogP contribution in [0.4, 0.5) is 8.78 Å². The molecular weight excluding hydrogens is 400 g/mol. The molecule has 0 amide bonds. The van der Waals surface area contributed by atoms with Gasteiger partial charge in [-0.1, -0.05) is 46.4 Å². The first-order chi connectivity index (χ1) is 11.3. The van der Waals surface area contributed by atoms with Gasteiger partial charge < -0.3 is 0 Å². The van der Waals surface area contributed by atoms with Gasteiger partial charge in [0.15, 0.2) is 0 Å². The first kappa shape index (κ1) is 19.5. The number of carbonyl (C=O) groups excluding carboxylic acids is 1. The largest absolute Gasteiger partial charge is 0.300 e. The monoisotopic (exact) mass is 410 g/mol. The molecule has 2 rings (SSSR count). The predicted octanol–water partition coefficient (Wildman–Crippen LogP) is 6.71. The van der Waals surface area contributed by atoms with Gasteiger partial charge in [-0.05, 0) is 48.2 Å². The molecule has 0 radical (unpaired) electrons. The van der Waals surface area contributed by atoms with E-state index in [9.17, 15) is 13.6 Å². The molecule has 0 aliphatic carbocycles. The number of ketones is 1. The molecule has 7 heteroatoms. The smallest absolute Gasteiger partial charge is 0.145 e. The van der Waals surface area contributed by atoms with Crippen LogP contribution < -0.4 is 0 Å². The Labute approximate surface area is 158 Å². The summed E-state index contributed by atoms with van der Waals surface area (Å²) in [7, 11) is 0. The van der Waals surface area contributed by atoms with Crippen LogP contribution in [0, 0.1) is 11.6 Å². The Morgan fingerprint density at radius 3 is 1.50 bits per heavy atom. The molecule has 0 aromatic heterocycles. The van der Waals surface area contributed by atoms with Gasteiger partial charge in [0.1, 0.15) is 17.4 Å². The zero-order chi connectivity index (χ0) is 17.9. The molecule has 0 aliphatic heterocycles. The normalized spacial score (nSPS) is 10.9. The van der Waals surface area contributed by atoms with Crippen molar-refractivity contribution in [1.82, 2.24) is 0 Å². The van der Waals surface area contributed by atoms with Crippen LogP contribution >= 0.6 is 46.4 Å². The minimum absolute atomic E-state index is 0.0828. The number of rotatable bonds is 6. The summed E-state index contributed by atoms with van der Waals surface area (Å²) in [6.07, 6.45) is 0.542. The van der Waals surface area contributed by atoms with Crippen molar-refractivity contribution in [2.24, 2.45) is 0 Å². The van der Waals surface area contributed by atoms with Gasteiger partial charge in [0, 0.05) is 22.9 Å². The Bertz CT molecular complexity index is 714. The molecule has 0 bridgehead atoms. The lowest BCUT2D eigenvalue weighted by molar-refractivity contribution is -0.119. The maximum atomic E-state index is 13.8. The topological polar surface area (TPSA) is 17.1 Å². The lowest BCUT2D eigenvalue weighted by Crippen LogP contribution is -2.04. The quantitative estimate of drug-likeness (QED) is 0.482. The summed E-state index contributed by atoms with van der Waals surface area (Å²) in [6.45, 7) is 0. The molecule has 0 fully saturated rings. The van der Waals surface area contributed by atoms with E-state index in [1.165, 1.54) is 24.3 Å². The maximum Gasteiger partial charge on any atom is 0.145 e. The van der Waals surface area contributed by atoms with E-state index in [4.69, 9.17) is 46.4 Å². The van der Waals surface area contributed by atoms with Crippen molar-refractivity contribution in [2.75, 3.05) is 0 Å². The number of carbonyl (C=O) groups is 1. The van der Waals surface area contributed by atoms with Gasteiger partial charge in [0.2, 0.25) is 0 Å². The lowest BCUT2D eigenvalue weighted by atomic mass is 10.0. The van der Waals surface area contributed by atoms with E-state index in [1.54, 1.807) is 0 Å². The van der Waals surface area contributed by atoms with Crippen LogP contribution in [-0.2, 0) is 17.6 Å². The molecule has 1 nitrogen and oxygen atoms in total. The summed E-state index contributed by atoms with van der Waals surface area (Å²) in [6, 6.07) is 5.48. The molecule has 0 N–H and O–H groups in total. The van der Waals surface area contributed by atoms with Crippen molar-refractivity contribution < 1.29 is 13.6 Å². The number of hydrogen-bond acceptors (Lipinski definition) is 1. The standard InChI is InChI=1S/C17H12Cl4F2O/c18-11-5-9(16(22)14(20)7-11)1-3-13(24)4-2-10-6-12(19)8-15(21)17(10)23/h5-8H,1-4H2. The third kappa shape index (κ3) is 5.06. The van der Waals surface area contributed by atoms with Gasteiger partial charge in [-0.2, -0.15) is 0 Å². The molecule has 0 saturated carbocycles.